The fourth-order valence-corrected chi connectivity index (χ4v) is 2.30. The molecule has 0 unspecified atom stereocenters. The summed E-state index contributed by atoms with van der Waals surface area (Å²) in [6.07, 6.45) is 0. The van der Waals surface area contributed by atoms with Gasteiger partial charge in [-0.3, -0.25) is 14.9 Å². The highest BCUT2D eigenvalue weighted by molar-refractivity contribution is 6.31. The molecule has 7 heteroatoms. The quantitative estimate of drug-likeness (QED) is 0.680. The molecule has 0 radical (unpaired) electrons. The van der Waals surface area contributed by atoms with Crippen molar-refractivity contribution in [3.63, 3.8) is 0 Å². The Balaban J connectivity index is 2.43. The molecule has 0 spiro atoms. The molecule has 0 fully saturated rings. The second-order valence-corrected chi connectivity index (χ2v) is 5.70. The number of nitrogens with zero attached hydrogens (tertiary/aromatic N) is 2. The molecular formula is C16H16ClN3O3. The molecule has 0 aliphatic heterocycles. The molecule has 0 saturated carbocycles. The van der Waals surface area contributed by atoms with E-state index in [4.69, 9.17) is 11.6 Å². The molecule has 2 aromatic carbocycles. The number of hydrogen-bond acceptors (Lipinski definition) is 4. The predicted molar refractivity (Wildman–Crippen MR) is 91.6 cm³/mol. The van der Waals surface area contributed by atoms with Crippen LogP contribution in [-0.4, -0.2) is 24.9 Å². The van der Waals surface area contributed by atoms with E-state index in [1.54, 1.807) is 43.3 Å². The second-order valence-electron chi connectivity index (χ2n) is 5.27. The summed E-state index contributed by atoms with van der Waals surface area (Å²) in [5, 5.41) is 14.2. The normalized spacial score (nSPS) is 10.3. The lowest BCUT2D eigenvalue weighted by atomic mass is 10.1. The number of carbonyl (C=O) groups excluding carboxylic acids is 1. The molecule has 0 aromatic heterocycles. The van der Waals surface area contributed by atoms with Crippen LogP contribution in [0.5, 0.6) is 0 Å². The van der Waals surface area contributed by atoms with E-state index in [1.807, 2.05) is 6.92 Å². The minimum absolute atomic E-state index is 0.136. The molecule has 0 saturated heterocycles. The summed E-state index contributed by atoms with van der Waals surface area (Å²) >= 11 is 5.95. The lowest BCUT2D eigenvalue weighted by molar-refractivity contribution is -0.384. The van der Waals surface area contributed by atoms with Gasteiger partial charge in [-0.1, -0.05) is 17.7 Å². The fourth-order valence-electron chi connectivity index (χ4n) is 2.13. The number of anilines is 2. The van der Waals surface area contributed by atoms with Gasteiger partial charge < -0.3 is 10.2 Å². The Labute approximate surface area is 138 Å². The summed E-state index contributed by atoms with van der Waals surface area (Å²) in [7, 11) is 3.53. The molecule has 6 nitrogen and oxygen atoms in total. The molecule has 0 heterocycles. The van der Waals surface area contributed by atoms with Crippen molar-refractivity contribution < 1.29 is 9.72 Å². The Morgan fingerprint density at radius 2 is 1.91 bits per heavy atom. The highest BCUT2D eigenvalue weighted by atomic mass is 35.5. The number of nitro benzene ring substituents is 1. The molecular weight excluding hydrogens is 318 g/mol. The Hall–Kier alpha value is -2.60. The maximum absolute atomic E-state index is 12.6. The average Bonchev–Trinajstić information content (AvgIpc) is 2.50. The molecule has 23 heavy (non-hydrogen) atoms. The number of non-ortho nitro benzene ring substituents is 1. The fraction of sp³-hybridized carbons (Fsp3) is 0.188. The van der Waals surface area contributed by atoms with Crippen LogP contribution in [-0.2, 0) is 0 Å². The van der Waals surface area contributed by atoms with E-state index in [-0.39, 0.29) is 11.3 Å². The predicted octanol–water partition coefficient (Wildman–Crippen LogP) is 3.87. The molecule has 2 aromatic rings. The van der Waals surface area contributed by atoms with Crippen molar-refractivity contribution in [1.29, 1.82) is 0 Å². The SMILES string of the molecule is Cc1ccc(Cl)cc1NC(=O)c1cc([N+](=O)[O-])ccc1N(C)C. The van der Waals surface area contributed by atoms with Crippen molar-refractivity contribution in [2.45, 2.75) is 6.92 Å². The lowest BCUT2D eigenvalue weighted by Crippen LogP contribution is -2.19. The van der Waals surface area contributed by atoms with Gasteiger partial charge in [0.05, 0.1) is 10.5 Å². The number of amides is 1. The maximum Gasteiger partial charge on any atom is 0.270 e. The minimum atomic E-state index is -0.527. The van der Waals surface area contributed by atoms with Gasteiger partial charge in [0.1, 0.15) is 0 Å². The number of rotatable bonds is 4. The van der Waals surface area contributed by atoms with Crippen LogP contribution in [0.3, 0.4) is 0 Å². The number of nitrogens with one attached hydrogen (secondary N) is 1. The third-order valence-corrected chi connectivity index (χ3v) is 3.60. The minimum Gasteiger partial charge on any atom is -0.377 e. The Morgan fingerprint density at radius 3 is 2.52 bits per heavy atom. The van der Waals surface area contributed by atoms with E-state index in [9.17, 15) is 14.9 Å². The molecule has 1 N–H and O–H groups in total. The second kappa shape index (κ2) is 6.66. The van der Waals surface area contributed by atoms with Crippen LogP contribution in [0.2, 0.25) is 5.02 Å². The number of aryl methyl sites for hydroxylation is 1. The van der Waals surface area contributed by atoms with Crippen LogP contribution in [0.1, 0.15) is 15.9 Å². The van der Waals surface area contributed by atoms with Gasteiger partial charge >= 0.3 is 0 Å². The zero-order valence-corrected chi connectivity index (χ0v) is 13.7. The van der Waals surface area contributed by atoms with Crippen LogP contribution >= 0.6 is 11.6 Å². The van der Waals surface area contributed by atoms with E-state index < -0.39 is 10.8 Å². The summed E-state index contributed by atoms with van der Waals surface area (Å²) in [6.45, 7) is 1.84. The van der Waals surface area contributed by atoms with E-state index in [0.29, 0.717) is 16.4 Å². The van der Waals surface area contributed by atoms with Gasteiger partial charge in [-0.2, -0.15) is 0 Å². The van der Waals surface area contributed by atoms with Crippen molar-refractivity contribution in [1.82, 2.24) is 0 Å². The molecule has 0 bridgehead atoms. The van der Waals surface area contributed by atoms with E-state index in [1.165, 1.54) is 12.1 Å². The summed E-state index contributed by atoms with van der Waals surface area (Å²) < 4.78 is 0. The third kappa shape index (κ3) is 3.78. The van der Waals surface area contributed by atoms with Crippen molar-refractivity contribution in [3.8, 4) is 0 Å². The zero-order valence-electron chi connectivity index (χ0n) is 13.0. The third-order valence-electron chi connectivity index (χ3n) is 3.37. The molecule has 2 rings (SSSR count). The number of benzene rings is 2. The maximum atomic E-state index is 12.6. The van der Waals surface area contributed by atoms with Gasteiger partial charge in [-0.25, -0.2) is 0 Å². The van der Waals surface area contributed by atoms with Gasteiger partial charge in [0, 0.05) is 42.6 Å². The standard InChI is InChI=1S/C16H16ClN3O3/c1-10-4-5-11(17)8-14(10)18-16(21)13-9-12(20(22)23)6-7-15(13)19(2)3/h4-9H,1-3H3,(H,18,21). The van der Waals surface area contributed by atoms with Gasteiger partial charge in [-0.15, -0.1) is 0 Å². The Bertz CT molecular complexity index is 775. The zero-order chi connectivity index (χ0) is 17.1. The number of hydrogen-bond donors (Lipinski definition) is 1. The first-order valence-electron chi connectivity index (χ1n) is 6.83. The molecule has 1 amide bonds. The van der Waals surface area contributed by atoms with Crippen LogP contribution in [0.25, 0.3) is 0 Å². The molecule has 0 atom stereocenters. The van der Waals surface area contributed by atoms with Crippen LogP contribution in [0.15, 0.2) is 36.4 Å². The Morgan fingerprint density at radius 1 is 1.22 bits per heavy atom. The van der Waals surface area contributed by atoms with Gasteiger partial charge in [0.2, 0.25) is 0 Å². The van der Waals surface area contributed by atoms with E-state index >= 15 is 0 Å². The summed E-state index contributed by atoms with van der Waals surface area (Å²) in [5.74, 6) is -0.428. The van der Waals surface area contributed by atoms with E-state index in [2.05, 4.69) is 5.32 Å². The van der Waals surface area contributed by atoms with Crippen molar-refractivity contribution in [2.24, 2.45) is 0 Å². The number of carbonyl (C=O) groups is 1. The highest BCUT2D eigenvalue weighted by Crippen LogP contribution is 2.26. The highest BCUT2D eigenvalue weighted by Gasteiger charge is 2.18. The first-order valence-corrected chi connectivity index (χ1v) is 7.20. The van der Waals surface area contributed by atoms with Crippen molar-refractivity contribution in [3.05, 3.63) is 62.7 Å². The summed E-state index contributed by atoms with van der Waals surface area (Å²) in [5.41, 5.74) is 2.10. The van der Waals surface area contributed by atoms with Crippen LogP contribution < -0.4 is 10.2 Å². The first kappa shape index (κ1) is 16.8. The van der Waals surface area contributed by atoms with Crippen molar-refractivity contribution >= 4 is 34.6 Å². The van der Waals surface area contributed by atoms with Crippen LogP contribution in [0.4, 0.5) is 17.1 Å². The smallest absolute Gasteiger partial charge is 0.270 e. The summed E-state index contributed by atoms with van der Waals surface area (Å²) in [6, 6.07) is 9.35. The monoisotopic (exact) mass is 333 g/mol. The van der Waals surface area contributed by atoms with E-state index in [0.717, 1.165) is 5.56 Å². The van der Waals surface area contributed by atoms with Gasteiger partial charge in [0.15, 0.2) is 0 Å². The molecule has 120 valence electrons. The largest absolute Gasteiger partial charge is 0.377 e. The topological polar surface area (TPSA) is 75.5 Å². The number of halogens is 1. The molecule has 0 aliphatic carbocycles. The van der Waals surface area contributed by atoms with Crippen molar-refractivity contribution in [2.75, 3.05) is 24.3 Å². The van der Waals surface area contributed by atoms with Crippen LogP contribution in [0, 0.1) is 17.0 Å². The first-order chi connectivity index (χ1) is 10.8. The lowest BCUT2D eigenvalue weighted by Gasteiger charge is -2.17. The summed E-state index contributed by atoms with van der Waals surface area (Å²) in [4.78, 5) is 24.7. The average molecular weight is 334 g/mol. The number of nitro groups is 1. The molecule has 0 aliphatic rings. The van der Waals surface area contributed by atoms with Gasteiger partial charge in [-0.05, 0) is 30.7 Å². The van der Waals surface area contributed by atoms with Gasteiger partial charge in [0.25, 0.3) is 11.6 Å². The Kier molecular flexibility index (Phi) is 4.86.